The number of nitrogens with zero attached hydrogens (tertiary/aromatic N) is 4. The highest BCUT2D eigenvalue weighted by Gasteiger charge is 2.42. The minimum absolute atomic E-state index is 0.0305. The first kappa shape index (κ1) is 71.7. The molecule has 0 aliphatic carbocycles. The van der Waals surface area contributed by atoms with Gasteiger partial charge in [-0.05, 0) is 117 Å². The van der Waals surface area contributed by atoms with Gasteiger partial charge in [0, 0.05) is 65.6 Å². The van der Waals surface area contributed by atoms with E-state index in [4.69, 9.17) is 28.4 Å². The van der Waals surface area contributed by atoms with Crippen LogP contribution in [0.25, 0.3) is 0 Å². The highest BCUT2D eigenvalue weighted by Crippen LogP contribution is 2.31. The maximum absolute atomic E-state index is 14.9. The van der Waals surface area contributed by atoms with Crippen LogP contribution in [0.5, 0.6) is 23.0 Å². The molecule has 5 atom stereocenters. The Morgan fingerprint density at radius 3 is 1.89 bits per heavy atom. The molecule has 510 valence electrons. The van der Waals surface area contributed by atoms with Crippen molar-refractivity contribution in [3.63, 3.8) is 0 Å². The molecule has 0 unspecified atom stereocenters. The van der Waals surface area contributed by atoms with E-state index in [1.54, 1.807) is 116 Å². The number of morpholine rings is 1. The predicted molar refractivity (Wildman–Crippen MR) is 353 cm³/mol. The van der Waals surface area contributed by atoms with Crippen LogP contribution in [0.3, 0.4) is 0 Å². The zero-order chi connectivity index (χ0) is 68.7. The molecule has 2 fully saturated rings. The van der Waals surface area contributed by atoms with Gasteiger partial charge in [-0.1, -0.05) is 97.1 Å². The van der Waals surface area contributed by atoms with Crippen LogP contribution in [-0.2, 0) is 78.3 Å². The van der Waals surface area contributed by atoms with E-state index in [0.29, 0.717) is 80.2 Å². The number of methoxy groups -OCH3 is 2. The van der Waals surface area contributed by atoms with Crippen molar-refractivity contribution in [2.75, 3.05) is 87.5 Å². The van der Waals surface area contributed by atoms with Crippen LogP contribution in [0.1, 0.15) is 79.8 Å². The molecule has 5 aromatic carbocycles. The summed E-state index contributed by atoms with van der Waals surface area (Å²) < 4.78 is 33.7. The Balaban J connectivity index is 1.10. The fraction of sp³-hybridized carbons (Fsp3) is 0.417. The lowest BCUT2D eigenvalue weighted by Crippen LogP contribution is -2.57. The molecule has 5 aromatic rings. The van der Waals surface area contributed by atoms with Crippen LogP contribution in [0.2, 0.25) is 0 Å². The lowest BCUT2D eigenvalue weighted by molar-refractivity contribution is -0.157. The third-order valence-corrected chi connectivity index (χ3v) is 16.9. The number of carbonyl (C=O) groups is 10. The van der Waals surface area contributed by atoms with Crippen LogP contribution in [0.15, 0.2) is 140 Å². The molecule has 4 N–H and O–H groups in total. The second-order valence-corrected chi connectivity index (χ2v) is 24.6. The van der Waals surface area contributed by atoms with E-state index < -0.39 is 115 Å². The second-order valence-electron chi connectivity index (χ2n) is 24.6. The number of piperidine rings is 1. The van der Waals surface area contributed by atoms with Crippen LogP contribution < -0.4 is 40.2 Å². The first-order valence-corrected chi connectivity index (χ1v) is 32.2. The Morgan fingerprint density at radius 2 is 1.21 bits per heavy atom. The Labute approximate surface area is 559 Å². The number of ketones is 1. The Kier molecular flexibility index (Phi) is 26.1. The number of likely N-dealkylation sites (N-methyl/N-ethyl adjacent to an activating group) is 2. The normalized spacial score (nSPS) is 21.2. The van der Waals surface area contributed by atoms with E-state index in [9.17, 15) is 47.9 Å². The number of fused-ring (bicyclic) bond motifs is 3. The molecule has 24 heteroatoms. The molecule has 0 spiro atoms. The monoisotopic (exact) mass is 1320 g/mol. The summed E-state index contributed by atoms with van der Waals surface area (Å²) >= 11 is 0. The van der Waals surface area contributed by atoms with Crippen molar-refractivity contribution in [2.24, 2.45) is 5.41 Å². The molecule has 3 heterocycles. The van der Waals surface area contributed by atoms with Gasteiger partial charge in [0.2, 0.25) is 35.3 Å². The van der Waals surface area contributed by atoms with E-state index in [-0.39, 0.29) is 56.7 Å². The fourth-order valence-corrected chi connectivity index (χ4v) is 11.4. The van der Waals surface area contributed by atoms with Crippen LogP contribution >= 0.6 is 0 Å². The van der Waals surface area contributed by atoms with Crippen LogP contribution in [0.4, 0.5) is 4.79 Å². The van der Waals surface area contributed by atoms with Crippen molar-refractivity contribution in [2.45, 2.75) is 102 Å². The summed E-state index contributed by atoms with van der Waals surface area (Å²) in [7, 11) is 6.00. The van der Waals surface area contributed by atoms with Crippen molar-refractivity contribution in [1.82, 2.24) is 40.9 Å². The molecule has 3 aliphatic rings. The van der Waals surface area contributed by atoms with Gasteiger partial charge in [0.15, 0.2) is 18.1 Å². The van der Waals surface area contributed by atoms with E-state index in [1.807, 2.05) is 18.2 Å². The van der Waals surface area contributed by atoms with Gasteiger partial charge < -0.3 is 69.3 Å². The lowest BCUT2D eigenvalue weighted by Gasteiger charge is -2.36. The summed E-state index contributed by atoms with van der Waals surface area (Å²) in [5, 5.41) is 11.6. The second kappa shape index (κ2) is 34.9. The largest absolute Gasteiger partial charge is 0.493 e. The van der Waals surface area contributed by atoms with Crippen LogP contribution in [0, 0.1) is 5.41 Å². The van der Waals surface area contributed by atoms with Gasteiger partial charge in [-0.3, -0.25) is 38.4 Å². The van der Waals surface area contributed by atoms with E-state index in [1.165, 1.54) is 55.9 Å². The minimum Gasteiger partial charge on any atom is -0.493 e. The van der Waals surface area contributed by atoms with Gasteiger partial charge in [-0.25, -0.2) is 9.59 Å². The number of ether oxygens (including phenoxy) is 6. The number of carbonyl (C=O) groups excluding carboxylic acids is 10. The number of cyclic esters (lactones) is 1. The summed E-state index contributed by atoms with van der Waals surface area (Å²) in [5.74, 6) is -4.90. The molecule has 3 aliphatic heterocycles. The summed E-state index contributed by atoms with van der Waals surface area (Å²) in [5.41, 5.74) is 1.85. The van der Waals surface area contributed by atoms with E-state index >= 15 is 0 Å². The lowest BCUT2D eigenvalue weighted by atomic mass is 9.87. The zero-order valence-corrected chi connectivity index (χ0v) is 55.2. The average molecular weight is 1320 g/mol. The number of benzene rings is 5. The van der Waals surface area contributed by atoms with Crippen molar-refractivity contribution in [3.05, 3.63) is 167 Å². The molecule has 8 amide bonds. The highest BCUT2D eigenvalue weighted by atomic mass is 16.6. The molecular weight excluding hydrogens is 1230 g/mol. The Bertz CT molecular complexity index is 3560. The molecule has 2 bridgehead atoms. The topological polar surface area (TPSA) is 287 Å². The number of nitrogens with one attached hydrogen (secondary N) is 4. The van der Waals surface area contributed by atoms with Gasteiger partial charge in [0.1, 0.15) is 42.3 Å². The predicted octanol–water partition coefficient (Wildman–Crippen LogP) is 5.28. The number of amides is 8. The summed E-state index contributed by atoms with van der Waals surface area (Å²) in [6.07, 6.45) is 4.30. The zero-order valence-electron chi connectivity index (χ0n) is 55.2. The van der Waals surface area contributed by atoms with Gasteiger partial charge in [0.05, 0.1) is 45.4 Å². The molecule has 0 aromatic heterocycles. The molecule has 0 radical (unpaired) electrons. The Morgan fingerprint density at radius 1 is 0.594 bits per heavy atom. The smallest absolute Gasteiger partial charge is 0.415 e. The summed E-state index contributed by atoms with van der Waals surface area (Å²) in [6, 6.07) is 31.0. The quantitative estimate of drug-likeness (QED) is 0.0913. The third-order valence-electron chi connectivity index (χ3n) is 16.9. The minimum atomic E-state index is -1.51. The molecule has 2 saturated heterocycles. The Hall–Kier alpha value is -10.1. The number of hydrogen-bond acceptors (Lipinski definition) is 16. The van der Waals surface area contributed by atoms with Gasteiger partial charge in [0.25, 0.3) is 11.8 Å². The highest BCUT2D eigenvalue weighted by molar-refractivity contribution is 6.38. The van der Waals surface area contributed by atoms with E-state index in [0.717, 1.165) is 22.1 Å². The van der Waals surface area contributed by atoms with Gasteiger partial charge in [-0.15, -0.1) is 0 Å². The first-order valence-electron chi connectivity index (χ1n) is 32.2. The number of Topliss-reactive ketones (excluding diaryl/α,β-unsaturated/α-hetero) is 1. The standard InChI is InChI=1S/C72H86N8O16/c1-72(2)47-95-64(83)25-14-15-34-77(3)68(87)57(41-48-18-9-7-10-19-48)74-62(81)45-78(4)69(88)58(42-49-20-11-8-12-21-49)76-66(85)56(40-50-26-30-53(31-27-50)96-71(90)79-36-38-93-39-37-79)73-63(82)46-94-54-23-17-22-52(44-54)55(32-28-51-29-33-60(91-5)61(43-51)92-6)75-67(86)59-24-13-16-35-80(59)70(89)65(72)84/h7-12,14,17-23,25-27,29-31,33,43-44,55-59H,13,15-16,24,28,32,34-42,45-47H2,1-6H3,(H,73,82)(H,74,81)(H,75,86)(H,76,85)/t55-,56+,57-,58-,59+/m1/s1. The molecule has 24 nitrogen and oxygen atoms in total. The van der Waals surface area contributed by atoms with Crippen molar-refractivity contribution in [3.8, 4) is 23.0 Å². The van der Waals surface area contributed by atoms with Crippen molar-refractivity contribution in [1.29, 1.82) is 0 Å². The number of esters is 1. The molecular formula is C72H86N8O16. The average Bonchev–Trinajstić information content (AvgIpc) is 0.821. The third kappa shape index (κ3) is 20.7. The molecule has 0 saturated carbocycles. The van der Waals surface area contributed by atoms with Crippen molar-refractivity contribution >= 4 is 59.2 Å². The number of rotatable bonds is 12. The van der Waals surface area contributed by atoms with E-state index in [2.05, 4.69) is 21.3 Å². The maximum atomic E-state index is 14.9. The number of hydrogen-bond donors (Lipinski definition) is 4. The SMILES string of the molecule is COc1ccc(CC[C@H]2NC(=O)[C@@H]3CCCCN3C(=O)C(=O)C(C)(C)COC(=O)C=CCCN(C)C(=O)[C@@H](Cc3ccccc3)NC(=O)CN(C)C(=O)[C@@H](Cc3ccccc3)NC(=O)[C@H](Cc3ccc(OC(=O)N4CCOCC4)cc3)NC(=O)COc3cccc2c3)cc1OC. The molecule has 8 rings (SSSR count). The van der Waals surface area contributed by atoms with Crippen LogP contribution in [-0.4, -0.2) is 190 Å². The summed E-state index contributed by atoms with van der Waals surface area (Å²) in [6.45, 7) is 3.05. The van der Waals surface area contributed by atoms with Crippen molar-refractivity contribution < 1.29 is 76.4 Å². The van der Waals surface area contributed by atoms with Gasteiger partial charge >= 0.3 is 12.1 Å². The maximum Gasteiger partial charge on any atom is 0.415 e. The molecule has 96 heavy (non-hydrogen) atoms. The first-order chi connectivity index (χ1) is 46.2. The number of aryl methyl sites for hydroxylation is 1. The summed E-state index contributed by atoms with van der Waals surface area (Å²) in [4.78, 5) is 147. The fourth-order valence-electron chi connectivity index (χ4n) is 11.4. The van der Waals surface area contributed by atoms with Gasteiger partial charge in [-0.2, -0.15) is 0 Å².